The number of halogens is 1. The number of amides is 1. The Labute approximate surface area is 97.1 Å². The number of carbonyl (C=O) groups excluding carboxylic acids is 1. The van der Waals surface area contributed by atoms with Crippen LogP contribution in [0.3, 0.4) is 0 Å². The van der Waals surface area contributed by atoms with E-state index in [1.54, 1.807) is 0 Å². The van der Waals surface area contributed by atoms with Crippen molar-refractivity contribution in [2.75, 3.05) is 19.8 Å². The van der Waals surface area contributed by atoms with Crippen molar-refractivity contribution in [2.24, 2.45) is 5.92 Å². The third-order valence-corrected chi connectivity index (χ3v) is 1.97. The molecule has 0 fully saturated rings. The van der Waals surface area contributed by atoms with Gasteiger partial charge in [-0.2, -0.15) is 4.94 Å². The van der Waals surface area contributed by atoms with Crippen molar-refractivity contribution in [1.29, 1.82) is 0 Å². The molecule has 0 spiro atoms. The molecule has 0 aliphatic carbocycles. The highest BCUT2D eigenvalue weighted by molar-refractivity contribution is 5.72. The van der Waals surface area contributed by atoms with E-state index in [1.807, 2.05) is 13.8 Å². The van der Waals surface area contributed by atoms with E-state index in [0.29, 0.717) is 13.0 Å². The summed E-state index contributed by atoms with van der Waals surface area (Å²) >= 11 is 0. The lowest BCUT2D eigenvalue weighted by Gasteiger charge is -2.10. The van der Waals surface area contributed by atoms with Crippen molar-refractivity contribution in [2.45, 2.75) is 40.0 Å². The molecule has 98 valence electrons. The highest BCUT2D eigenvalue weighted by atomic mass is 19.3. The van der Waals surface area contributed by atoms with Crippen LogP contribution in [-0.4, -0.2) is 30.8 Å². The van der Waals surface area contributed by atoms with Gasteiger partial charge in [0, 0.05) is 26.0 Å². The van der Waals surface area contributed by atoms with Gasteiger partial charge in [-0.1, -0.05) is 20.3 Å². The molecule has 0 aromatic rings. The summed E-state index contributed by atoms with van der Waals surface area (Å²) in [5, 5.41) is 11.4. The Morgan fingerprint density at radius 2 is 2.06 bits per heavy atom. The highest BCUT2D eigenvalue weighted by Crippen LogP contribution is 2.08. The van der Waals surface area contributed by atoms with Crippen LogP contribution in [0.2, 0.25) is 0 Å². The summed E-state index contributed by atoms with van der Waals surface area (Å²) in [5.74, 6) is -0.187. The van der Waals surface area contributed by atoms with Crippen LogP contribution in [0.25, 0.3) is 0 Å². The number of carbonyl (C=O) groups is 1. The molecule has 16 heavy (non-hydrogen) atoms. The normalized spacial score (nSPS) is 11.3. The quantitative estimate of drug-likeness (QED) is 0.633. The van der Waals surface area contributed by atoms with Gasteiger partial charge < -0.3 is 10.4 Å². The van der Waals surface area contributed by atoms with Crippen molar-refractivity contribution in [3.8, 4) is 0 Å². The summed E-state index contributed by atoms with van der Waals surface area (Å²) in [7, 11) is 0. The second kappa shape index (κ2) is 14.3. The van der Waals surface area contributed by atoms with E-state index in [4.69, 9.17) is 5.11 Å². The average Bonchev–Trinajstić information content (AvgIpc) is 2.29. The molecule has 0 saturated heterocycles. The molecule has 1 unspecified atom stereocenters. The van der Waals surface area contributed by atoms with Crippen molar-refractivity contribution >= 4 is 5.91 Å². The van der Waals surface area contributed by atoms with Crippen molar-refractivity contribution in [3.63, 3.8) is 0 Å². The van der Waals surface area contributed by atoms with Gasteiger partial charge in [0.25, 0.3) is 0 Å². The average molecular weight is 237 g/mol. The fraction of sp³-hybridized carbons (Fsp3) is 0.909. The van der Waals surface area contributed by atoms with Crippen molar-refractivity contribution in [1.82, 2.24) is 5.32 Å². The first kappa shape index (κ1) is 17.7. The number of hydrogen-bond donors (Lipinski definition) is 2. The zero-order chi connectivity index (χ0) is 12.8. The molecule has 0 aromatic heterocycles. The lowest BCUT2D eigenvalue weighted by atomic mass is 10.0. The molecule has 2 N–H and O–H groups in total. The van der Waals surface area contributed by atoms with Gasteiger partial charge in [0.15, 0.2) is 0 Å². The number of rotatable bonds is 8. The Balaban J connectivity index is 0. The molecule has 1 amide bonds. The monoisotopic (exact) mass is 237 g/mol. The first-order valence-corrected chi connectivity index (χ1v) is 5.79. The summed E-state index contributed by atoms with van der Waals surface area (Å²) in [6.07, 6.45) is 2.39. The maximum atomic E-state index is 11.4. The lowest BCUT2D eigenvalue weighted by Crippen LogP contribution is -2.21. The van der Waals surface area contributed by atoms with Crippen molar-refractivity contribution in [3.05, 3.63) is 0 Å². The van der Waals surface area contributed by atoms with Crippen molar-refractivity contribution < 1.29 is 19.4 Å². The van der Waals surface area contributed by atoms with Gasteiger partial charge in [0.1, 0.15) is 0 Å². The van der Waals surface area contributed by atoms with Crippen LogP contribution in [0.5, 0.6) is 0 Å². The topological polar surface area (TPSA) is 58.6 Å². The SMILES string of the molecule is CC.CC(=O)NCCCCC(CO)COF. The summed E-state index contributed by atoms with van der Waals surface area (Å²) in [6.45, 7) is 5.97. The van der Waals surface area contributed by atoms with E-state index in [0.717, 1.165) is 12.8 Å². The smallest absolute Gasteiger partial charge is 0.216 e. The molecular formula is C11H24FNO3. The van der Waals surface area contributed by atoms with E-state index in [2.05, 4.69) is 10.3 Å². The van der Waals surface area contributed by atoms with Crippen LogP contribution in [0.1, 0.15) is 40.0 Å². The number of unbranched alkanes of at least 4 members (excludes halogenated alkanes) is 1. The van der Waals surface area contributed by atoms with Gasteiger partial charge in [0.2, 0.25) is 5.91 Å². The van der Waals surface area contributed by atoms with Crippen LogP contribution in [0.4, 0.5) is 4.53 Å². The van der Waals surface area contributed by atoms with Gasteiger partial charge in [0.05, 0.1) is 6.61 Å². The van der Waals surface area contributed by atoms with Crippen LogP contribution in [-0.2, 0) is 9.74 Å². The van der Waals surface area contributed by atoms with Gasteiger partial charge >= 0.3 is 0 Å². The Hall–Kier alpha value is -0.680. The third kappa shape index (κ3) is 13.3. The Morgan fingerprint density at radius 3 is 2.50 bits per heavy atom. The molecule has 0 saturated carbocycles. The van der Waals surface area contributed by atoms with E-state index in [1.165, 1.54) is 6.92 Å². The van der Waals surface area contributed by atoms with Crippen LogP contribution < -0.4 is 5.32 Å². The van der Waals surface area contributed by atoms with Gasteiger partial charge in [-0.25, -0.2) is 0 Å². The predicted molar refractivity (Wildman–Crippen MR) is 61.5 cm³/mol. The highest BCUT2D eigenvalue weighted by Gasteiger charge is 2.07. The fourth-order valence-corrected chi connectivity index (χ4v) is 1.14. The summed E-state index contributed by atoms with van der Waals surface area (Å²) < 4.78 is 11.4. The molecule has 0 aliphatic rings. The predicted octanol–water partition coefficient (Wildman–Crippen LogP) is 1.83. The molecule has 0 heterocycles. The lowest BCUT2D eigenvalue weighted by molar-refractivity contribution is -0.149. The van der Waals surface area contributed by atoms with Gasteiger partial charge in [-0.05, 0) is 17.4 Å². The molecule has 0 bridgehead atoms. The molecule has 0 radical (unpaired) electrons. The summed E-state index contributed by atoms with van der Waals surface area (Å²) in [4.78, 5) is 13.9. The number of nitrogens with one attached hydrogen (secondary N) is 1. The van der Waals surface area contributed by atoms with Crippen LogP contribution >= 0.6 is 0 Å². The zero-order valence-electron chi connectivity index (χ0n) is 10.5. The standard InChI is InChI=1S/C9H18FNO3.C2H6/c1-8(13)11-5-3-2-4-9(6-12)7-14-10;1-2/h9,12H,2-7H2,1H3,(H,11,13);1-2H3. The minimum absolute atomic E-state index is 0.0456. The molecule has 0 rings (SSSR count). The molecule has 0 aromatic carbocycles. The Bertz CT molecular complexity index is 156. The maximum absolute atomic E-state index is 11.4. The van der Waals surface area contributed by atoms with E-state index < -0.39 is 0 Å². The minimum atomic E-state index is -0.141. The number of hydrogen-bond acceptors (Lipinski definition) is 3. The summed E-state index contributed by atoms with van der Waals surface area (Å²) in [6, 6.07) is 0. The Morgan fingerprint density at radius 1 is 1.44 bits per heavy atom. The maximum Gasteiger partial charge on any atom is 0.216 e. The molecule has 5 heteroatoms. The van der Waals surface area contributed by atoms with Gasteiger partial charge in [-0.3, -0.25) is 4.79 Å². The Kier molecular flexibility index (Phi) is 15.8. The molecule has 4 nitrogen and oxygen atoms in total. The fourth-order valence-electron chi connectivity index (χ4n) is 1.14. The molecule has 1 atom stereocenters. The second-order valence-electron chi connectivity index (χ2n) is 3.30. The minimum Gasteiger partial charge on any atom is -0.396 e. The van der Waals surface area contributed by atoms with E-state index in [9.17, 15) is 9.32 Å². The number of aliphatic hydroxyl groups excluding tert-OH is 1. The second-order valence-corrected chi connectivity index (χ2v) is 3.30. The molecular weight excluding hydrogens is 213 g/mol. The van der Waals surface area contributed by atoms with E-state index >= 15 is 0 Å². The van der Waals surface area contributed by atoms with Crippen LogP contribution in [0.15, 0.2) is 0 Å². The van der Waals surface area contributed by atoms with Gasteiger partial charge in [-0.15, -0.1) is 0 Å². The zero-order valence-corrected chi connectivity index (χ0v) is 10.5. The number of aliphatic hydroxyl groups is 1. The van der Waals surface area contributed by atoms with Crippen LogP contribution in [0, 0.1) is 5.92 Å². The first-order chi connectivity index (χ1) is 7.70. The molecule has 0 aliphatic heterocycles. The third-order valence-electron chi connectivity index (χ3n) is 1.97. The van der Waals surface area contributed by atoms with E-state index in [-0.39, 0.29) is 25.0 Å². The first-order valence-electron chi connectivity index (χ1n) is 5.79. The summed E-state index contributed by atoms with van der Waals surface area (Å²) in [5.41, 5.74) is 0. The largest absolute Gasteiger partial charge is 0.396 e.